The zero-order valence-electron chi connectivity index (χ0n) is 12.8. The number of fused-ring (bicyclic) bond motifs is 1. The maximum atomic E-state index is 5.74. The summed E-state index contributed by atoms with van der Waals surface area (Å²) in [4.78, 5) is 0. The topological polar surface area (TPSA) is 21.3 Å². The van der Waals surface area contributed by atoms with E-state index >= 15 is 0 Å². The zero-order valence-corrected chi connectivity index (χ0v) is 12.8. The first-order chi connectivity index (χ1) is 10.3. The SMILES string of the molecule is CCCc1ccc(C(C)NC2COc3ccccc32)cc1. The average Bonchev–Trinajstić information content (AvgIpc) is 2.92. The van der Waals surface area contributed by atoms with E-state index in [0.29, 0.717) is 6.04 Å². The minimum Gasteiger partial charge on any atom is -0.491 e. The monoisotopic (exact) mass is 281 g/mol. The summed E-state index contributed by atoms with van der Waals surface area (Å²) in [5.74, 6) is 1.01. The van der Waals surface area contributed by atoms with Gasteiger partial charge < -0.3 is 10.1 Å². The third kappa shape index (κ3) is 3.11. The minimum atomic E-state index is 0.284. The smallest absolute Gasteiger partial charge is 0.124 e. The molecule has 3 rings (SSSR count). The fourth-order valence-corrected chi connectivity index (χ4v) is 2.96. The molecule has 2 heteroatoms. The van der Waals surface area contributed by atoms with Gasteiger partial charge in [-0.2, -0.15) is 0 Å². The van der Waals surface area contributed by atoms with Crippen LogP contribution >= 0.6 is 0 Å². The van der Waals surface area contributed by atoms with E-state index in [-0.39, 0.29) is 6.04 Å². The van der Waals surface area contributed by atoms with Crippen molar-refractivity contribution in [2.75, 3.05) is 6.61 Å². The molecule has 1 N–H and O–H groups in total. The van der Waals surface area contributed by atoms with Crippen LogP contribution in [0.1, 0.15) is 49.0 Å². The Hall–Kier alpha value is -1.80. The van der Waals surface area contributed by atoms with E-state index in [1.807, 2.05) is 12.1 Å². The van der Waals surface area contributed by atoms with Crippen LogP contribution in [0.15, 0.2) is 48.5 Å². The highest BCUT2D eigenvalue weighted by Gasteiger charge is 2.24. The summed E-state index contributed by atoms with van der Waals surface area (Å²) in [6.07, 6.45) is 2.36. The molecule has 2 nitrogen and oxygen atoms in total. The van der Waals surface area contributed by atoms with Gasteiger partial charge in [0.2, 0.25) is 0 Å². The highest BCUT2D eigenvalue weighted by molar-refractivity contribution is 5.39. The normalized spacial score (nSPS) is 18.1. The maximum absolute atomic E-state index is 5.74. The van der Waals surface area contributed by atoms with Gasteiger partial charge in [0.1, 0.15) is 12.4 Å². The van der Waals surface area contributed by atoms with Gasteiger partial charge in [-0.3, -0.25) is 0 Å². The van der Waals surface area contributed by atoms with Crippen molar-refractivity contribution in [3.63, 3.8) is 0 Å². The third-order valence-electron chi connectivity index (χ3n) is 4.17. The van der Waals surface area contributed by atoms with Gasteiger partial charge in [-0.25, -0.2) is 0 Å². The van der Waals surface area contributed by atoms with Gasteiger partial charge in [0.25, 0.3) is 0 Å². The molecule has 2 aromatic carbocycles. The van der Waals surface area contributed by atoms with Crippen LogP contribution in [0.2, 0.25) is 0 Å². The Labute approximate surface area is 127 Å². The Morgan fingerprint density at radius 2 is 1.90 bits per heavy atom. The summed E-state index contributed by atoms with van der Waals surface area (Å²) in [5, 5.41) is 3.68. The second-order valence-corrected chi connectivity index (χ2v) is 5.78. The number of nitrogens with one attached hydrogen (secondary N) is 1. The highest BCUT2D eigenvalue weighted by atomic mass is 16.5. The van der Waals surface area contributed by atoms with Crippen molar-refractivity contribution in [3.05, 3.63) is 65.2 Å². The molecule has 0 spiro atoms. The quantitative estimate of drug-likeness (QED) is 0.875. The Balaban J connectivity index is 1.68. The molecule has 0 aliphatic carbocycles. The van der Waals surface area contributed by atoms with Crippen LogP contribution in [0.5, 0.6) is 5.75 Å². The number of benzene rings is 2. The summed E-state index contributed by atoms with van der Waals surface area (Å²) in [6.45, 7) is 5.16. The Bertz CT molecular complexity index is 591. The van der Waals surface area contributed by atoms with Gasteiger partial charge in [-0.05, 0) is 30.5 Å². The molecule has 2 aromatic rings. The van der Waals surface area contributed by atoms with E-state index in [1.165, 1.54) is 23.1 Å². The van der Waals surface area contributed by atoms with Crippen LogP contribution in [0.25, 0.3) is 0 Å². The molecule has 0 amide bonds. The average molecular weight is 281 g/mol. The molecule has 2 atom stereocenters. The second-order valence-electron chi connectivity index (χ2n) is 5.78. The lowest BCUT2D eigenvalue weighted by molar-refractivity contribution is 0.301. The van der Waals surface area contributed by atoms with Crippen molar-refractivity contribution in [3.8, 4) is 5.75 Å². The summed E-state index contributed by atoms with van der Waals surface area (Å²) in [6, 6.07) is 17.9. The number of hydrogen-bond acceptors (Lipinski definition) is 2. The Morgan fingerprint density at radius 3 is 2.67 bits per heavy atom. The summed E-state index contributed by atoms with van der Waals surface area (Å²) in [7, 11) is 0. The van der Waals surface area contributed by atoms with Crippen molar-refractivity contribution < 1.29 is 4.74 Å². The lowest BCUT2D eigenvalue weighted by atomic mass is 10.0. The van der Waals surface area contributed by atoms with Crippen LogP contribution in [-0.4, -0.2) is 6.61 Å². The largest absolute Gasteiger partial charge is 0.491 e. The molecule has 0 saturated carbocycles. The molecule has 21 heavy (non-hydrogen) atoms. The van der Waals surface area contributed by atoms with Crippen molar-refractivity contribution in [1.82, 2.24) is 5.32 Å². The molecular formula is C19H23NO. The minimum absolute atomic E-state index is 0.284. The van der Waals surface area contributed by atoms with Crippen molar-refractivity contribution in [1.29, 1.82) is 0 Å². The standard InChI is InChI=1S/C19H23NO/c1-3-6-15-9-11-16(12-10-15)14(2)20-18-13-21-19-8-5-4-7-17(18)19/h4-5,7-12,14,18,20H,3,6,13H2,1-2H3. The van der Waals surface area contributed by atoms with E-state index < -0.39 is 0 Å². The van der Waals surface area contributed by atoms with Crippen LogP contribution < -0.4 is 10.1 Å². The van der Waals surface area contributed by atoms with E-state index in [4.69, 9.17) is 4.74 Å². The van der Waals surface area contributed by atoms with E-state index in [9.17, 15) is 0 Å². The zero-order chi connectivity index (χ0) is 14.7. The molecule has 1 heterocycles. The van der Waals surface area contributed by atoms with Crippen LogP contribution in [0, 0.1) is 0 Å². The summed E-state index contributed by atoms with van der Waals surface area (Å²) >= 11 is 0. The molecule has 1 aliphatic heterocycles. The second kappa shape index (κ2) is 6.31. The fourth-order valence-electron chi connectivity index (χ4n) is 2.96. The molecule has 0 saturated heterocycles. The van der Waals surface area contributed by atoms with E-state index in [1.54, 1.807) is 0 Å². The maximum Gasteiger partial charge on any atom is 0.124 e. The first kappa shape index (κ1) is 14.2. The van der Waals surface area contributed by atoms with Gasteiger partial charge in [0.05, 0.1) is 6.04 Å². The molecule has 0 aromatic heterocycles. The van der Waals surface area contributed by atoms with Gasteiger partial charge in [0, 0.05) is 11.6 Å². The first-order valence-electron chi connectivity index (χ1n) is 7.84. The number of rotatable bonds is 5. The van der Waals surface area contributed by atoms with Gasteiger partial charge >= 0.3 is 0 Å². The number of aryl methyl sites for hydroxylation is 1. The van der Waals surface area contributed by atoms with E-state index in [0.717, 1.165) is 18.8 Å². The predicted molar refractivity (Wildman–Crippen MR) is 86.7 cm³/mol. The molecule has 0 radical (unpaired) electrons. The lowest BCUT2D eigenvalue weighted by Crippen LogP contribution is -2.25. The summed E-state index contributed by atoms with van der Waals surface area (Å²) in [5.41, 5.74) is 4.02. The third-order valence-corrected chi connectivity index (χ3v) is 4.17. The predicted octanol–water partition coefficient (Wildman–Crippen LogP) is 4.42. The van der Waals surface area contributed by atoms with Crippen LogP contribution in [-0.2, 0) is 6.42 Å². The van der Waals surface area contributed by atoms with Crippen LogP contribution in [0.4, 0.5) is 0 Å². The number of ether oxygens (including phenoxy) is 1. The van der Waals surface area contributed by atoms with Crippen LogP contribution in [0.3, 0.4) is 0 Å². The van der Waals surface area contributed by atoms with Crippen molar-refractivity contribution in [2.45, 2.75) is 38.8 Å². The first-order valence-corrected chi connectivity index (χ1v) is 7.84. The molecule has 2 unspecified atom stereocenters. The van der Waals surface area contributed by atoms with Gasteiger partial charge in [0.15, 0.2) is 0 Å². The van der Waals surface area contributed by atoms with Gasteiger partial charge in [-0.15, -0.1) is 0 Å². The van der Waals surface area contributed by atoms with E-state index in [2.05, 4.69) is 55.6 Å². The highest BCUT2D eigenvalue weighted by Crippen LogP contribution is 2.33. The fraction of sp³-hybridized carbons (Fsp3) is 0.368. The lowest BCUT2D eigenvalue weighted by Gasteiger charge is -2.19. The Kier molecular flexibility index (Phi) is 4.26. The van der Waals surface area contributed by atoms with Crippen molar-refractivity contribution in [2.24, 2.45) is 0 Å². The molecule has 0 fully saturated rings. The molecule has 0 bridgehead atoms. The molecular weight excluding hydrogens is 258 g/mol. The number of hydrogen-bond donors (Lipinski definition) is 1. The molecule has 1 aliphatic rings. The number of para-hydroxylation sites is 1. The Morgan fingerprint density at radius 1 is 1.14 bits per heavy atom. The molecule has 110 valence electrons. The summed E-state index contributed by atoms with van der Waals surface area (Å²) < 4.78 is 5.74. The van der Waals surface area contributed by atoms with Gasteiger partial charge in [-0.1, -0.05) is 55.8 Å². The van der Waals surface area contributed by atoms with Crippen molar-refractivity contribution >= 4 is 0 Å².